The lowest BCUT2D eigenvalue weighted by atomic mass is 9.95. The van der Waals surface area contributed by atoms with E-state index in [1.807, 2.05) is 25.7 Å². The molecule has 5 aliphatic heterocycles. The number of carbonyl (C=O) groups is 1. The van der Waals surface area contributed by atoms with Crippen LogP contribution < -0.4 is 19.1 Å². The average molecular weight is 755 g/mol. The number of hydrogen-bond donors (Lipinski definition) is 0. The molecule has 1 saturated carbocycles. The lowest BCUT2D eigenvalue weighted by Crippen LogP contribution is -2.63. The van der Waals surface area contributed by atoms with Crippen molar-refractivity contribution in [2.75, 3.05) is 51.7 Å². The Bertz CT molecular complexity index is 1960. The molecule has 12 nitrogen and oxygen atoms in total. The van der Waals surface area contributed by atoms with Gasteiger partial charge < -0.3 is 28.6 Å². The van der Waals surface area contributed by atoms with E-state index in [-0.39, 0.29) is 73.2 Å². The number of benzene rings is 1. The number of fused-ring (bicyclic) bond motifs is 6. The number of methoxy groups -OCH3 is 1. The largest absolute Gasteiger partial charge is 0.475 e. The first kappa shape index (κ1) is 35.0. The number of nitrogens with zero attached hydrogens (tertiary/aromatic N) is 6. The summed E-state index contributed by atoms with van der Waals surface area (Å²) < 4.78 is 61.7. The van der Waals surface area contributed by atoms with Crippen molar-refractivity contribution in [3.63, 3.8) is 0 Å². The molecule has 2 bridgehead atoms. The van der Waals surface area contributed by atoms with Crippen molar-refractivity contribution in [2.45, 2.75) is 107 Å². The molecule has 6 aliphatic rings. The second-order valence-electron chi connectivity index (χ2n) is 16.4. The maximum Gasteiger partial charge on any atom is 0.410 e. The molecule has 15 heteroatoms. The zero-order valence-electron chi connectivity index (χ0n) is 30.5. The van der Waals surface area contributed by atoms with Gasteiger partial charge in [-0.3, -0.25) is 9.80 Å². The average Bonchev–Trinajstić information content (AvgIpc) is 3.72. The van der Waals surface area contributed by atoms with E-state index in [4.69, 9.17) is 50.2 Å². The molecule has 0 N–H and O–H groups in total. The number of halogens is 3. The van der Waals surface area contributed by atoms with Gasteiger partial charge >= 0.3 is 12.1 Å². The van der Waals surface area contributed by atoms with Crippen LogP contribution in [0, 0.1) is 5.82 Å². The third-order valence-electron chi connectivity index (χ3n) is 11.7. The van der Waals surface area contributed by atoms with Crippen LogP contribution in [-0.2, 0) is 9.47 Å². The van der Waals surface area contributed by atoms with Gasteiger partial charge in [0.25, 0.3) is 0 Å². The summed E-state index contributed by atoms with van der Waals surface area (Å²) in [6.45, 7) is 7.52. The van der Waals surface area contributed by atoms with Crippen molar-refractivity contribution >= 4 is 34.4 Å². The first-order valence-corrected chi connectivity index (χ1v) is 19.1. The minimum Gasteiger partial charge on any atom is -0.475 e. The van der Waals surface area contributed by atoms with Gasteiger partial charge in [-0.05, 0) is 89.5 Å². The van der Waals surface area contributed by atoms with Crippen LogP contribution in [-0.4, -0.2) is 113 Å². The molecule has 1 amide bonds. The van der Waals surface area contributed by atoms with Crippen molar-refractivity contribution in [3.05, 3.63) is 28.5 Å². The van der Waals surface area contributed by atoms with Crippen LogP contribution in [0.15, 0.2) is 12.1 Å². The van der Waals surface area contributed by atoms with E-state index in [0.717, 1.165) is 50.6 Å². The Morgan fingerprint density at radius 2 is 1.92 bits per heavy atom. The van der Waals surface area contributed by atoms with Crippen molar-refractivity contribution in [2.24, 2.45) is 0 Å². The van der Waals surface area contributed by atoms with Crippen LogP contribution in [0.1, 0.15) is 77.2 Å². The smallest absolute Gasteiger partial charge is 0.410 e. The number of hydrogen-bond acceptors (Lipinski definition) is 11. The minimum absolute atomic E-state index is 0.00164. The molecule has 7 heterocycles. The van der Waals surface area contributed by atoms with E-state index < -0.39 is 23.1 Å². The minimum atomic E-state index is -0.930. The fraction of sp³-hybridized carbons (Fsp3) is 0.632. The zero-order valence-corrected chi connectivity index (χ0v) is 31.3. The Hall–Kier alpha value is -3.75. The van der Waals surface area contributed by atoms with E-state index >= 15 is 4.39 Å². The molecule has 1 aliphatic carbocycles. The molecular weight excluding hydrogens is 710 g/mol. The Balaban J connectivity index is 1.17. The Morgan fingerprint density at radius 1 is 1.09 bits per heavy atom. The molecule has 2 aromatic heterocycles. The fourth-order valence-electron chi connectivity index (χ4n) is 9.34. The summed E-state index contributed by atoms with van der Waals surface area (Å²) in [7, 11) is 1.52. The van der Waals surface area contributed by atoms with Crippen molar-refractivity contribution < 1.29 is 37.3 Å². The first-order chi connectivity index (χ1) is 25.4. The summed E-state index contributed by atoms with van der Waals surface area (Å²) in [6, 6.07) is 2.73. The summed E-state index contributed by atoms with van der Waals surface area (Å²) >= 11 is 6.86. The van der Waals surface area contributed by atoms with E-state index in [9.17, 15) is 9.18 Å². The molecule has 3 aromatic rings. The maximum atomic E-state index is 17.4. The molecule has 5 fully saturated rings. The van der Waals surface area contributed by atoms with E-state index in [2.05, 4.69) is 9.80 Å². The monoisotopic (exact) mass is 754 g/mol. The molecule has 284 valence electrons. The Kier molecular flexibility index (Phi) is 8.54. The molecular formula is C38H45ClF2N6O6. The highest BCUT2D eigenvalue weighted by atomic mass is 35.5. The summed E-state index contributed by atoms with van der Waals surface area (Å²) in [5.74, 6) is 0.518. The number of aromatic nitrogens is 3. The van der Waals surface area contributed by atoms with E-state index in [1.165, 1.54) is 7.11 Å². The standard InChI is InChI=1S/C38H45ClF2N6O6/c1-37(2,3)53-36(48)47-22-8-9-26(47)27-17-50-34-29-32(30(41)31(42-34)24-12-23(52-19-49-4)13-25(39)28(24)20-6-7-20)43-35(44-33(29)46(27)16-22)51-18-38-10-5-11-45(38)15-21(40)14-38/h12-13,20-22,26-27H,5-11,14-19H2,1-4H3/t21-,22+,26-,27+,38+/m1/s1. The van der Waals surface area contributed by atoms with Gasteiger partial charge in [-0.15, -0.1) is 0 Å². The number of piperazine rings is 1. The molecule has 5 atom stereocenters. The lowest BCUT2D eigenvalue weighted by molar-refractivity contribution is 0.00537. The third-order valence-corrected chi connectivity index (χ3v) is 12.0. The molecule has 0 radical (unpaired) electrons. The van der Waals surface area contributed by atoms with Gasteiger partial charge in [-0.2, -0.15) is 9.97 Å². The van der Waals surface area contributed by atoms with Crippen LogP contribution in [0.2, 0.25) is 5.02 Å². The summed E-state index contributed by atoms with van der Waals surface area (Å²) in [6.07, 6.45) is 4.20. The third kappa shape index (κ3) is 6.08. The first-order valence-electron chi connectivity index (χ1n) is 18.7. The van der Waals surface area contributed by atoms with E-state index in [1.54, 1.807) is 12.1 Å². The van der Waals surface area contributed by atoms with Crippen LogP contribution in [0.25, 0.3) is 22.2 Å². The van der Waals surface area contributed by atoms with Crippen LogP contribution in [0.3, 0.4) is 0 Å². The topological polar surface area (TPSA) is 112 Å². The van der Waals surface area contributed by atoms with Crippen LogP contribution in [0.5, 0.6) is 17.6 Å². The van der Waals surface area contributed by atoms with Gasteiger partial charge in [0.15, 0.2) is 12.6 Å². The summed E-state index contributed by atoms with van der Waals surface area (Å²) in [5, 5.41) is 0.789. The normalized spacial score (nSPS) is 27.8. The molecule has 53 heavy (non-hydrogen) atoms. The number of alkyl halides is 1. The maximum absolute atomic E-state index is 17.4. The fourth-order valence-corrected chi connectivity index (χ4v) is 9.70. The number of amides is 1. The summed E-state index contributed by atoms with van der Waals surface area (Å²) in [5.41, 5.74) is 0.204. The highest BCUT2D eigenvalue weighted by Gasteiger charge is 2.53. The van der Waals surface area contributed by atoms with Gasteiger partial charge in [0.2, 0.25) is 5.88 Å². The SMILES string of the molecule is COCOc1cc(Cl)c(C2CC2)c(-c2nc3c4c(nc(OC[C@@]56CCCN5C[C@H](F)C6)nc4c2F)N2C[C@@H]4CC[C@H]([C@@H]2CO3)N4C(=O)OC(C)(C)C)c1. The second-order valence-corrected chi connectivity index (χ2v) is 16.8. The van der Waals surface area contributed by atoms with Gasteiger partial charge in [0.1, 0.15) is 53.2 Å². The predicted molar refractivity (Wildman–Crippen MR) is 192 cm³/mol. The van der Waals surface area contributed by atoms with Crippen LogP contribution in [0.4, 0.5) is 19.4 Å². The number of pyridine rings is 1. The molecule has 0 unspecified atom stereocenters. The van der Waals surface area contributed by atoms with Gasteiger partial charge in [0, 0.05) is 37.2 Å². The zero-order chi connectivity index (χ0) is 36.8. The quantitative estimate of drug-likeness (QED) is 0.231. The highest BCUT2D eigenvalue weighted by Crippen LogP contribution is 2.51. The van der Waals surface area contributed by atoms with Crippen molar-refractivity contribution in [1.29, 1.82) is 0 Å². The van der Waals surface area contributed by atoms with Gasteiger partial charge in [-0.25, -0.2) is 18.6 Å². The number of anilines is 1. The lowest BCUT2D eigenvalue weighted by Gasteiger charge is -2.46. The second kappa shape index (κ2) is 12.9. The molecule has 0 spiro atoms. The van der Waals surface area contributed by atoms with Crippen LogP contribution >= 0.6 is 11.6 Å². The number of rotatable bonds is 8. The molecule has 1 aromatic carbocycles. The van der Waals surface area contributed by atoms with Gasteiger partial charge in [0.05, 0.1) is 23.7 Å². The summed E-state index contributed by atoms with van der Waals surface area (Å²) in [4.78, 5) is 34.2. The predicted octanol–water partition coefficient (Wildman–Crippen LogP) is 6.65. The van der Waals surface area contributed by atoms with E-state index in [0.29, 0.717) is 47.1 Å². The molecule has 9 rings (SSSR count). The Labute approximate surface area is 312 Å². The van der Waals surface area contributed by atoms with Gasteiger partial charge in [-0.1, -0.05) is 11.6 Å². The molecule has 4 saturated heterocycles. The van der Waals surface area contributed by atoms with Crippen molar-refractivity contribution in [1.82, 2.24) is 24.8 Å². The van der Waals surface area contributed by atoms with Crippen molar-refractivity contribution in [3.8, 4) is 28.9 Å². The Morgan fingerprint density at radius 3 is 2.70 bits per heavy atom. The number of carbonyl (C=O) groups excluding carboxylic acids is 1. The number of ether oxygens (including phenoxy) is 5. The highest BCUT2D eigenvalue weighted by molar-refractivity contribution is 6.32.